The molecule has 5 nitrogen and oxygen atoms in total. The molecule has 1 N–H and O–H groups in total. The monoisotopic (exact) mass is 359 g/mol. The maximum Gasteiger partial charge on any atom is 0.307 e. The molecule has 0 bridgehead atoms. The van der Waals surface area contributed by atoms with E-state index in [9.17, 15) is 14.4 Å². The highest BCUT2D eigenvalue weighted by Crippen LogP contribution is 2.20. The summed E-state index contributed by atoms with van der Waals surface area (Å²) in [6.45, 7) is 1.51. The van der Waals surface area contributed by atoms with Crippen molar-refractivity contribution in [1.29, 1.82) is 0 Å². The third-order valence-corrected chi connectivity index (χ3v) is 3.77. The van der Waals surface area contributed by atoms with Crippen molar-refractivity contribution in [3.05, 3.63) is 65.2 Å². The third-order valence-electron chi connectivity index (χ3n) is 3.44. The largest absolute Gasteiger partial charge is 0.454 e. The molecule has 0 heterocycles. The zero-order valence-electron chi connectivity index (χ0n) is 13.7. The molecular formula is C19H18ClNO4. The van der Waals surface area contributed by atoms with E-state index >= 15 is 0 Å². The standard InChI is InChI=1S/C19H18ClNO4/c1-13(19(24)14-7-3-2-4-8-14)25-18(23)12-11-17(22)21-16-10-6-5-9-15(16)20/h2-10,13H,11-12H2,1H3,(H,21,22). The van der Waals surface area contributed by atoms with E-state index < -0.39 is 12.1 Å². The molecule has 0 aliphatic rings. The number of esters is 1. The first-order valence-corrected chi connectivity index (χ1v) is 8.18. The quantitative estimate of drug-likeness (QED) is 0.601. The molecule has 0 radical (unpaired) electrons. The van der Waals surface area contributed by atoms with Crippen LogP contribution in [0, 0.1) is 0 Å². The number of carbonyl (C=O) groups excluding carboxylic acids is 3. The van der Waals surface area contributed by atoms with Crippen molar-refractivity contribution in [3.63, 3.8) is 0 Å². The van der Waals surface area contributed by atoms with Crippen LogP contribution < -0.4 is 5.32 Å². The van der Waals surface area contributed by atoms with Crippen LogP contribution in [0.1, 0.15) is 30.1 Å². The first kappa shape index (κ1) is 18.7. The number of ketones is 1. The summed E-state index contributed by atoms with van der Waals surface area (Å²) in [5.41, 5.74) is 0.953. The van der Waals surface area contributed by atoms with Gasteiger partial charge in [-0.3, -0.25) is 14.4 Å². The fraction of sp³-hybridized carbons (Fsp3) is 0.211. The van der Waals surface area contributed by atoms with Gasteiger partial charge in [-0.1, -0.05) is 54.1 Å². The molecule has 0 spiro atoms. The van der Waals surface area contributed by atoms with E-state index in [4.69, 9.17) is 16.3 Å². The number of rotatable bonds is 7. The SMILES string of the molecule is CC(OC(=O)CCC(=O)Nc1ccccc1Cl)C(=O)c1ccccc1. The Hall–Kier alpha value is -2.66. The van der Waals surface area contributed by atoms with Gasteiger partial charge in [-0.05, 0) is 19.1 Å². The van der Waals surface area contributed by atoms with Gasteiger partial charge in [0.1, 0.15) is 0 Å². The summed E-state index contributed by atoms with van der Waals surface area (Å²) in [6.07, 6.45) is -1.08. The summed E-state index contributed by atoms with van der Waals surface area (Å²) in [7, 11) is 0. The molecule has 0 fully saturated rings. The van der Waals surface area contributed by atoms with Crippen LogP contribution in [0.2, 0.25) is 5.02 Å². The lowest BCUT2D eigenvalue weighted by Crippen LogP contribution is -2.25. The van der Waals surface area contributed by atoms with Crippen molar-refractivity contribution in [2.24, 2.45) is 0 Å². The predicted molar refractivity (Wildman–Crippen MR) is 95.6 cm³/mol. The van der Waals surface area contributed by atoms with Crippen molar-refractivity contribution in [2.45, 2.75) is 25.9 Å². The van der Waals surface area contributed by atoms with Gasteiger partial charge in [-0.2, -0.15) is 0 Å². The molecule has 0 aromatic heterocycles. The molecule has 6 heteroatoms. The number of halogens is 1. The van der Waals surface area contributed by atoms with Crippen LogP contribution in [0.15, 0.2) is 54.6 Å². The summed E-state index contributed by atoms with van der Waals surface area (Å²) >= 11 is 5.95. The molecule has 2 aromatic carbocycles. The van der Waals surface area contributed by atoms with Gasteiger partial charge in [0.05, 0.1) is 17.1 Å². The van der Waals surface area contributed by atoms with E-state index in [1.807, 2.05) is 0 Å². The average Bonchev–Trinajstić information content (AvgIpc) is 2.62. The molecule has 0 aliphatic carbocycles. The van der Waals surface area contributed by atoms with Gasteiger partial charge in [-0.25, -0.2) is 0 Å². The Bertz CT molecular complexity index is 761. The molecule has 130 valence electrons. The van der Waals surface area contributed by atoms with Crippen LogP contribution in [-0.2, 0) is 14.3 Å². The normalized spacial score (nSPS) is 11.4. The van der Waals surface area contributed by atoms with E-state index in [2.05, 4.69) is 5.32 Å². The van der Waals surface area contributed by atoms with Crippen LogP contribution in [0.4, 0.5) is 5.69 Å². The summed E-state index contributed by atoms with van der Waals surface area (Å²) in [4.78, 5) is 35.8. The van der Waals surface area contributed by atoms with Crippen molar-refractivity contribution < 1.29 is 19.1 Å². The molecule has 1 unspecified atom stereocenters. The highest BCUT2D eigenvalue weighted by atomic mass is 35.5. The predicted octanol–water partition coefficient (Wildman–Crippen LogP) is 3.87. The number of Topliss-reactive ketones (excluding diaryl/α,β-unsaturated/α-hetero) is 1. The number of nitrogens with one attached hydrogen (secondary N) is 1. The minimum Gasteiger partial charge on any atom is -0.454 e. The van der Waals surface area contributed by atoms with E-state index in [1.54, 1.807) is 54.6 Å². The van der Waals surface area contributed by atoms with Crippen molar-refractivity contribution in [2.75, 3.05) is 5.32 Å². The Labute approximate surface area is 150 Å². The van der Waals surface area contributed by atoms with E-state index in [0.717, 1.165) is 0 Å². The topological polar surface area (TPSA) is 72.5 Å². The maximum atomic E-state index is 12.1. The van der Waals surface area contributed by atoms with Gasteiger partial charge in [-0.15, -0.1) is 0 Å². The Morgan fingerprint density at radius 3 is 2.32 bits per heavy atom. The summed E-state index contributed by atoms with van der Waals surface area (Å²) < 4.78 is 5.10. The second-order valence-electron chi connectivity index (χ2n) is 5.39. The highest BCUT2D eigenvalue weighted by molar-refractivity contribution is 6.33. The summed E-state index contributed by atoms with van der Waals surface area (Å²) in [6, 6.07) is 15.4. The average molecular weight is 360 g/mol. The van der Waals surface area contributed by atoms with E-state index in [1.165, 1.54) is 6.92 Å². The molecule has 2 aromatic rings. The van der Waals surface area contributed by atoms with E-state index in [-0.39, 0.29) is 24.5 Å². The number of anilines is 1. The highest BCUT2D eigenvalue weighted by Gasteiger charge is 2.19. The van der Waals surface area contributed by atoms with Gasteiger partial charge in [0.2, 0.25) is 11.7 Å². The van der Waals surface area contributed by atoms with Crippen LogP contribution >= 0.6 is 11.6 Å². The number of ether oxygens (including phenoxy) is 1. The van der Waals surface area contributed by atoms with E-state index in [0.29, 0.717) is 16.3 Å². The van der Waals surface area contributed by atoms with Gasteiger partial charge in [0.25, 0.3) is 0 Å². The van der Waals surface area contributed by atoms with Crippen molar-refractivity contribution in [3.8, 4) is 0 Å². The maximum absolute atomic E-state index is 12.1. The molecular weight excluding hydrogens is 342 g/mol. The fourth-order valence-electron chi connectivity index (χ4n) is 2.14. The summed E-state index contributed by atoms with van der Waals surface area (Å²) in [5, 5.41) is 3.04. The van der Waals surface area contributed by atoms with Crippen molar-refractivity contribution >= 4 is 34.9 Å². The molecule has 0 saturated carbocycles. The minimum atomic E-state index is -0.901. The second kappa shape index (κ2) is 8.99. The molecule has 25 heavy (non-hydrogen) atoms. The van der Waals surface area contributed by atoms with Crippen molar-refractivity contribution in [1.82, 2.24) is 0 Å². The lowest BCUT2D eigenvalue weighted by Gasteiger charge is -2.12. The van der Waals surface area contributed by atoms with Gasteiger partial charge < -0.3 is 10.1 Å². The Morgan fingerprint density at radius 2 is 1.64 bits per heavy atom. The Morgan fingerprint density at radius 1 is 1.00 bits per heavy atom. The zero-order valence-corrected chi connectivity index (χ0v) is 14.5. The summed E-state index contributed by atoms with van der Waals surface area (Å²) in [5.74, 6) is -1.24. The molecule has 1 atom stereocenters. The lowest BCUT2D eigenvalue weighted by atomic mass is 10.1. The number of benzene rings is 2. The molecule has 2 rings (SSSR count). The third kappa shape index (κ3) is 5.72. The first-order valence-electron chi connectivity index (χ1n) is 7.80. The van der Waals surface area contributed by atoms with Gasteiger partial charge in [0, 0.05) is 12.0 Å². The number of para-hydroxylation sites is 1. The number of carbonyl (C=O) groups is 3. The number of hydrogen-bond acceptors (Lipinski definition) is 4. The number of hydrogen-bond donors (Lipinski definition) is 1. The first-order chi connectivity index (χ1) is 12.0. The fourth-order valence-corrected chi connectivity index (χ4v) is 2.32. The molecule has 1 amide bonds. The van der Waals surface area contributed by atoms with Crippen LogP contribution in [0.25, 0.3) is 0 Å². The second-order valence-corrected chi connectivity index (χ2v) is 5.80. The Kier molecular flexibility index (Phi) is 6.71. The smallest absolute Gasteiger partial charge is 0.307 e. The number of amides is 1. The molecule has 0 saturated heterocycles. The van der Waals surface area contributed by atoms with Crippen LogP contribution in [0.3, 0.4) is 0 Å². The molecule has 0 aliphatic heterocycles. The van der Waals surface area contributed by atoms with Crippen LogP contribution in [-0.4, -0.2) is 23.8 Å². The van der Waals surface area contributed by atoms with Gasteiger partial charge in [0.15, 0.2) is 6.10 Å². The van der Waals surface area contributed by atoms with Crippen LogP contribution in [0.5, 0.6) is 0 Å². The minimum absolute atomic E-state index is 0.0592. The lowest BCUT2D eigenvalue weighted by molar-refractivity contribution is -0.147. The zero-order chi connectivity index (χ0) is 18.2. The Balaban J connectivity index is 1.79. The van der Waals surface area contributed by atoms with Gasteiger partial charge >= 0.3 is 5.97 Å².